The molecule has 0 bridgehead atoms. The highest BCUT2D eigenvalue weighted by molar-refractivity contribution is 6.35. The number of nitrogens with one attached hydrogen (secondary N) is 2. The van der Waals surface area contributed by atoms with E-state index in [1.165, 1.54) is 12.8 Å². The number of hydrazine groups is 1. The Morgan fingerprint density at radius 2 is 1.84 bits per heavy atom. The number of rotatable bonds is 6. The van der Waals surface area contributed by atoms with E-state index in [0.717, 1.165) is 12.8 Å². The first kappa shape index (κ1) is 18.3. The van der Waals surface area contributed by atoms with Gasteiger partial charge in [-0.25, -0.2) is 0 Å². The van der Waals surface area contributed by atoms with Crippen molar-refractivity contribution in [2.75, 3.05) is 6.61 Å². The molecule has 2 saturated carbocycles. The lowest BCUT2D eigenvalue weighted by molar-refractivity contribution is -0.130. The second-order valence-electron chi connectivity index (χ2n) is 6.70. The summed E-state index contributed by atoms with van der Waals surface area (Å²) in [6.07, 6.45) is 5.50. The predicted octanol–water partition coefficient (Wildman–Crippen LogP) is 3.74. The summed E-state index contributed by atoms with van der Waals surface area (Å²) >= 11 is 11.8. The van der Waals surface area contributed by atoms with Crippen LogP contribution in [0.15, 0.2) is 18.2 Å². The minimum atomic E-state index is -0.220. The summed E-state index contributed by atoms with van der Waals surface area (Å²) in [5.41, 5.74) is 5.05. The van der Waals surface area contributed by atoms with Crippen molar-refractivity contribution in [1.82, 2.24) is 10.9 Å². The summed E-state index contributed by atoms with van der Waals surface area (Å²) in [4.78, 5) is 23.9. The van der Waals surface area contributed by atoms with Crippen LogP contribution < -0.4 is 15.6 Å². The molecule has 2 amide bonds. The highest BCUT2D eigenvalue weighted by atomic mass is 35.5. The number of fused-ring (bicyclic) bond motifs is 1. The van der Waals surface area contributed by atoms with Gasteiger partial charge in [-0.05, 0) is 49.3 Å². The maximum atomic E-state index is 12.1. The van der Waals surface area contributed by atoms with Gasteiger partial charge < -0.3 is 4.74 Å². The topological polar surface area (TPSA) is 67.4 Å². The summed E-state index contributed by atoms with van der Waals surface area (Å²) in [6, 6.07) is 5.00. The molecule has 0 aliphatic heterocycles. The first-order valence-corrected chi connectivity index (χ1v) is 9.48. The molecule has 0 spiro atoms. The number of ether oxygens (including phenoxy) is 1. The van der Waals surface area contributed by atoms with Gasteiger partial charge in [0.25, 0.3) is 0 Å². The summed E-state index contributed by atoms with van der Waals surface area (Å²) < 4.78 is 5.52. The molecule has 2 N–H and O–H groups in total. The third-order valence-corrected chi connectivity index (χ3v) is 5.51. The van der Waals surface area contributed by atoms with Crippen LogP contribution >= 0.6 is 23.2 Å². The first-order chi connectivity index (χ1) is 12.1. The third-order valence-electron chi connectivity index (χ3n) is 4.98. The van der Waals surface area contributed by atoms with Gasteiger partial charge in [0, 0.05) is 17.4 Å². The second-order valence-corrected chi connectivity index (χ2v) is 7.55. The quantitative estimate of drug-likeness (QED) is 0.579. The number of hydrogen-bond acceptors (Lipinski definition) is 3. The van der Waals surface area contributed by atoms with Crippen molar-refractivity contribution in [3.8, 4) is 5.75 Å². The molecule has 7 heteroatoms. The van der Waals surface area contributed by atoms with E-state index >= 15 is 0 Å². The van der Waals surface area contributed by atoms with Crippen LogP contribution in [0.1, 0.15) is 38.5 Å². The van der Waals surface area contributed by atoms with Crippen LogP contribution in [-0.4, -0.2) is 18.4 Å². The largest absolute Gasteiger partial charge is 0.492 e. The Bertz CT molecular complexity index is 641. The number of carbonyl (C=O) groups excluding carboxylic acids is 2. The molecule has 3 rings (SSSR count). The van der Waals surface area contributed by atoms with Gasteiger partial charge in [-0.15, -0.1) is 0 Å². The lowest BCUT2D eigenvalue weighted by Crippen LogP contribution is -2.42. The Morgan fingerprint density at radius 3 is 2.52 bits per heavy atom. The zero-order valence-corrected chi connectivity index (χ0v) is 15.4. The van der Waals surface area contributed by atoms with Gasteiger partial charge in [0.2, 0.25) is 11.8 Å². The molecule has 0 saturated heterocycles. The molecule has 1 aromatic carbocycles. The van der Waals surface area contributed by atoms with Crippen molar-refractivity contribution in [1.29, 1.82) is 0 Å². The van der Waals surface area contributed by atoms with Crippen LogP contribution in [0.4, 0.5) is 0 Å². The van der Waals surface area contributed by atoms with Gasteiger partial charge in [-0.3, -0.25) is 20.4 Å². The van der Waals surface area contributed by atoms with Crippen molar-refractivity contribution < 1.29 is 14.3 Å². The van der Waals surface area contributed by atoms with Gasteiger partial charge in [-0.1, -0.05) is 36.0 Å². The average Bonchev–Trinajstić information content (AvgIpc) is 3.32. The molecular formula is C18H22Cl2N2O3. The molecule has 2 fully saturated rings. The van der Waals surface area contributed by atoms with Gasteiger partial charge in [0.15, 0.2) is 0 Å². The van der Waals surface area contributed by atoms with Crippen LogP contribution in [0.2, 0.25) is 10.0 Å². The third kappa shape index (κ3) is 4.79. The summed E-state index contributed by atoms with van der Waals surface area (Å²) in [5, 5.41) is 0.984. The molecule has 0 heterocycles. The van der Waals surface area contributed by atoms with Crippen LogP contribution in [0.5, 0.6) is 5.75 Å². The highest BCUT2D eigenvalue weighted by Gasteiger charge is 2.54. The molecule has 25 heavy (non-hydrogen) atoms. The van der Waals surface area contributed by atoms with Gasteiger partial charge >= 0.3 is 0 Å². The summed E-state index contributed by atoms with van der Waals surface area (Å²) in [5.74, 6) is 1.43. The minimum Gasteiger partial charge on any atom is -0.492 e. The van der Waals surface area contributed by atoms with Crippen molar-refractivity contribution in [2.45, 2.75) is 38.5 Å². The normalized spacial score (nSPS) is 24.2. The Hall–Kier alpha value is -1.46. The number of benzene rings is 1. The number of carbonyl (C=O) groups is 2. The van der Waals surface area contributed by atoms with E-state index in [0.29, 0.717) is 40.7 Å². The van der Waals surface area contributed by atoms with E-state index in [1.807, 2.05) is 0 Å². The monoisotopic (exact) mass is 384 g/mol. The fourth-order valence-electron chi connectivity index (χ4n) is 3.67. The van der Waals surface area contributed by atoms with Gasteiger partial charge in [0.05, 0.1) is 11.6 Å². The van der Waals surface area contributed by atoms with E-state index in [2.05, 4.69) is 10.9 Å². The predicted molar refractivity (Wildman–Crippen MR) is 96.4 cm³/mol. The lowest BCUT2D eigenvalue weighted by atomic mass is 10.0. The molecule has 0 unspecified atom stereocenters. The molecule has 1 aromatic rings. The average molecular weight is 385 g/mol. The molecule has 5 nitrogen and oxygen atoms in total. The number of halogens is 2. The fourth-order valence-corrected chi connectivity index (χ4v) is 4.13. The van der Waals surface area contributed by atoms with Crippen LogP contribution in [-0.2, 0) is 9.59 Å². The minimum absolute atomic E-state index is 0.0468. The van der Waals surface area contributed by atoms with Gasteiger partial charge in [-0.2, -0.15) is 0 Å². The molecular weight excluding hydrogens is 363 g/mol. The Balaban J connectivity index is 1.30. The standard InChI is InChI=1S/C18H22Cl2N2O3/c19-11-7-8-15(14(20)10-11)25-9-3-6-16(23)21-22-18(24)17-12-4-1-2-5-13(12)17/h7-8,10,12-13,17H,1-6,9H2,(H,21,23)(H,22,24)/t12-,13-/m0/s1. The van der Waals surface area contributed by atoms with Crippen molar-refractivity contribution in [3.63, 3.8) is 0 Å². The van der Waals surface area contributed by atoms with E-state index in [-0.39, 0.29) is 24.2 Å². The zero-order valence-electron chi connectivity index (χ0n) is 13.9. The van der Waals surface area contributed by atoms with Crippen molar-refractivity contribution in [2.24, 2.45) is 17.8 Å². The zero-order chi connectivity index (χ0) is 17.8. The maximum Gasteiger partial charge on any atom is 0.242 e. The van der Waals surface area contributed by atoms with E-state index in [9.17, 15) is 9.59 Å². The molecule has 0 radical (unpaired) electrons. The summed E-state index contributed by atoms with van der Waals surface area (Å²) in [7, 11) is 0. The Morgan fingerprint density at radius 1 is 1.12 bits per heavy atom. The van der Waals surface area contributed by atoms with Crippen molar-refractivity contribution >= 4 is 35.0 Å². The second kappa shape index (κ2) is 8.28. The molecule has 2 aliphatic rings. The summed E-state index contributed by atoms with van der Waals surface area (Å²) in [6.45, 7) is 0.357. The van der Waals surface area contributed by atoms with E-state index in [1.54, 1.807) is 18.2 Å². The maximum absolute atomic E-state index is 12.1. The first-order valence-electron chi connectivity index (χ1n) is 8.73. The smallest absolute Gasteiger partial charge is 0.242 e. The number of hydrogen-bond donors (Lipinski definition) is 2. The number of amides is 2. The van der Waals surface area contributed by atoms with E-state index < -0.39 is 0 Å². The SMILES string of the molecule is O=C(CCCOc1ccc(Cl)cc1Cl)NNC(=O)C1[C@H]2CCCC[C@H]12. The lowest BCUT2D eigenvalue weighted by Gasteiger charge is -2.09. The van der Waals surface area contributed by atoms with Crippen LogP contribution in [0.25, 0.3) is 0 Å². The fraction of sp³-hybridized carbons (Fsp3) is 0.556. The Labute approximate surface area is 157 Å². The van der Waals surface area contributed by atoms with E-state index in [4.69, 9.17) is 27.9 Å². The Kier molecular flexibility index (Phi) is 6.07. The highest BCUT2D eigenvalue weighted by Crippen LogP contribution is 2.55. The van der Waals surface area contributed by atoms with Crippen LogP contribution in [0.3, 0.4) is 0 Å². The molecule has 2 atom stereocenters. The van der Waals surface area contributed by atoms with Crippen LogP contribution in [0, 0.1) is 17.8 Å². The van der Waals surface area contributed by atoms with Crippen molar-refractivity contribution in [3.05, 3.63) is 28.2 Å². The molecule has 136 valence electrons. The molecule has 2 aliphatic carbocycles. The van der Waals surface area contributed by atoms with Gasteiger partial charge in [0.1, 0.15) is 5.75 Å². The molecule has 0 aromatic heterocycles.